The number of fused-ring (bicyclic) bond motifs is 2. The molecule has 1 aliphatic rings. The molecule has 122 valence electrons. The van der Waals surface area contributed by atoms with E-state index in [1.807, 2.05) is 26.2 Å². The van der Waals surface area contributed by atoms with Gasteiger partial charge in [0.2, 0.25) is 5.91 Å². The number of benzene rings is 1. The third kappa shape index (κ3) is 2.04. The highest BCUT2D eigenvalue weighted by Crippen LogP contribution is 2.35. The number of carbonyl (C=O) groups is 1. The molecule has 0 saturated heterocycles. The highest BCUT2D eigenvalue weighted by atomic mass is 16.2. The number of rotatable bonds is 2. The molecule has 3 aromatic rings. The van der Waals surface area contributed by atoms with Gasteiger partial charge in [-0.3, -0.25) is 9.78 Å². The second kappa shape index (κ2) is 5.44. The zero-order valence-electron chi connectivity index (χ0n) is 14.2. The minimum Gasteiger partial charge on any atom is -0.338 e. The molecule has 1 unspecified atom stereocenters. The lowest BCUT2D eigenvalue weighted by molar-refractivity contribution is -0.135. The van der Waals surface area contributed by atoms with Gasteiger partial charge >= 0.3 is 0 Å². The summed E-state index contributed by atoms with van der Waals surface area (Å²) in [5.74, 6) is 1.11. The Labute approximate surface area is 140 Å². The van der Waals surface area contributed by atoms with Crippen molar-refractivity contribution in [2.75, 3.05) is 7.05 Å². The molecule has 0 N–H and O–H groups in total. The van der Waals surface area contributed by atoms with Crippen molar-refractivity contribution in [1.82, 2.24) is 19.4 Å². The number of amides is 1. The third-order valence-electron chi connectivity index (χ3n) is 4.85. The number of carbonyl (C=O) groups excluding carboxylic acids is 1. The first-order valence-corrected chi connectivity index (χ1v) is 8.30. The van der Waals surface area contributed by atoms with Crippen molar-refractivity contribution in [2.24, 2.45) is 0 Å². The van der Waals surface area contributed by atoms with Crippen molar-refractivity contribution in [2.45, 2.75) is 32.9 Å². The fourth-order valence-corrected chi connectivity index (χ4v) is 3.64. The maximum atomic E-state index is 12.4. The molecular formula is C19H20N4O. The van der Waals surface area contributed by atoms with Gasteiger partial charge in [-0.05, 0) is 18.4 Å². The molecule has 0 bridgehead atoms. The lowest BCUT2D eigenvalue weighted by Gasteiger charge is -2.31. The van der Waals surface area contributed by atoms with Crippen LogP contribution in [-0.2, 0) is 17.8 Å². The quantitative estimate of drug-likeness (QED) is 0.728. The smallest absolute Gasteiger partial charge is 0.245 e. The van der Waals surface area contributed by atoms with E-state index in [4.69, 9.17) is 4.98 Å². The van der Waals surface area contributed by atoms with Gasteiger partial charge < -0.3 is 9.47 Å². The van der Waals surface area contributed by atoms with E-state index in [9.17, 15) is 4.79 Å². The van der Waals surface area contributed by atoms with Crippen molar-refractivity contribution in [3.8, 4) is 11.3 Å². The van der Waals surface area contributed by atoms with E-state index < -0.39 is 0 Å². The van der Waals surface area contributed by atoms with Crippen molar-refractivity contribution < 1.29 is 4.79 Å². The van der Waals surface area contributed by atoms with Crippen molar-refractivity contribution in [3.63, 3.8) is 0 Å². The van der Waals surface area contributed by atoms with Crippen LogP contribution in [0.2, 0.25) is 0 Å². The molecular weight excluding hydrogens is 300 g/mol. The van der Waals surface area contributed by atoms with Gasteiger partial charge in [0.05, 0.1) is 17.9 Å². The van der Waals surface area contributed by atoms with Crippen LogP contribution >= 0.6 is 0 Å². The molecule has 0 fully saturated rings. The molecule has 5 heteroatoms. The number of imidazole rings is 1. The molecule has 1 atom stereocenters. The topological polar surface area (TPSA) is 51.0 Å². The summed E-state index contributed by atoms with van der Waals surface area (Å²) >= 11 is 0. The van der Waals surface area contributed by atoms with Gasteiger partial charge in [0.15, 0.2) is 0 Å². The summed E-state index contributed by atoms with van der Waals surface area (Å²) in [4.78, 5) is 23.4. The molecule has 3 heterocycles. The monoisotopic (exact) mass is 320 g/mol. The van der Waals surface area contributed by atoms with E-state index in [1.165, 1.54) is 0 Å². The van der Waals surface area contributed by atoms with Crippen molar-refractivity contribution in [3.05, 3.63) is 48.2 Å². The van der Waals surface area contributed by atoms with E-state index in [-0.39, 0.29) is 11.9 Å². The number of pyridine rings is 1. The largest absolute Gasteiger partial charge is 0.338 e. The van der Waals surface area contributed by atoms with Crippen molar-refractivity contribution in [1.29, 1.82) is 0 Å². The first-order valence-electron chi connectivity index (χ1n) is 8.30. The molecule has 1 amide bonds. The van der Waals surface area contributed by atoms with Crippen LogP contribution in [0.15, 0.2) is 36.7 Å². The average Bonchev–Trinajstić information content (AvgIpc) is 2.97. The van der Waals surface area contributed by atoms with Crippen LogP contribution in [0, 0.1) is 0 Å². The van der Waals surface area contributed by atoms with Gasteiger partial charge in [0, 0.05) is 36.8 Å². The number of aromatic nitrogens is 3. The van der Waals surface area contributed by atoms with Gasteiger partial charge in [-0.1, -0.05) is 25.1 Å². The summed E-state index contributed by atoms with van der Waals surface area (Å²) in [5.41, 5.74) is 3.16. The van der Waals surface area contributed by atoms with Crippen LogP contribution in [-0.4, -0.2) is 32.4 Å². The predicted molar refractivity (Wildman–Crippen MR) is 93.5 cm³/mol. The van der Waals surface area contributed by atoms with Gasteiger partial charge in [0.1, 0.15) is 11.9 Å². The average molecular weight is 320 g/mol. The van der Waals surface area contributed by atoms with E-state index in [0.29, 0.717) is 6.54 Å². The second-order valence-corrected chi connectivity index (χ2v) is 6.32. The summed E-state index contributed by atoms with van der Waals surface area (Å²) < 4.78 is 2.12. The highest BCUT2D eigenvalue weighted by Gasteiger charge is 2.32. The number of nitrogens with zero attached hydrogens (tertiary/aromatic N) is 4. The Morgan fingerprint density at radius 1 is 1.29 bits per heavy atom. The van der Waals surface area contributed by atoms with Gasteiger partial charge in [-0.25, -0.2) is 4.98 Å². The predicted octanol–water partition coefficient (Wildman–Crippen LogP) is 3.19. The number of aryl methyl sites for hydroxylation is 1. The molecule has 24 heavy (non-hydrogen) atoms. The number of hydrogen-bond donors (Lipinski definition) is 0. The Balaban J connectivity index is 2.00. The summed E-state index contributed by atoms with van der Waals surface area (Å²) in [6.45, 7) is 4.62. The number of hydrogen-bond acceptors (Lipinski definition) is 3. The fraction of sp³-hybridized carbons (Fsp3) is 0.316. The molecule has 0 aliphatic carbocycles. The minimum atomic E-state index is -0.206. The molecule has 2 aromatic heterocycles. The summed E-state index contributed by atoms with van der Waals surface area (Å²) in [6, 6.07) is 8.04. The van der Waals surface area contributed by atoms with Gasteiger partial charge in [0.25, 0.3) is 0 Å². The van der Waals surface area contributed by atoms with Crippen LogP contribution in [0.4, 0.5) is 0 Å². The summed E-state index contributed by atoms with van der Waals surface area (Å²) in [5, 5.41) is 2.24. The molecule has 4 rings (SSSR count). The standard InChI is InChI=1S/C19H20N4O/c1-4-17-21-18(16-11-22(3)19(24)12(2)23(16)17)14-7-5-6-13-8-9-20-10-15(13)14/h5-10,12H,4,11H2,1-3H3. The lowest BCUT2D eigenvalue weighted by Crippen LogP contribution is -2.39. The summed E-state index contributed by atoms with van der Waals surface area (Å²) in [6.07, 6.45) is 4.50. The maximum absolute atomic E-state index is 12.4. The maximum Gasteiger partial charge on any atom is 0.245 e. The Morgan fingerprint density at radius 3 is 2.92 bits per heavy atom. The van der Waals surface area contributed by atoms with Crippen LogP contribution in [0.1, 0.15) is 31.4 Å². The minimum absolute atomic E-state index is 0.140. The molecule has 0 spiro atoms. The molecule has 0 radical (unpaired) electrons. The Bertz CT molecular complexity index is 938. The zero-order valence-corrected chi connectivity index (χ0v) is 14.2. The number of likely N-dealkylation sites (N-methyl/N-ethyl adjacent to an activating group) is 1. The molecule has 0 saturated carbocycles. The summed E-state index contributed by atoms with van der Waals surface area (Å²) in [7, 11) is 1.86. The SMILES string of the molecule is CCc1nc(-c2cccc3ccncc23)c2n1C(C)C(=O)N(C)C2. The Kier molecular flexibility index (Phi) is 3.37. The van der Waals surface area contributed by atoms with Gasteiger partial charge in [-0.15, -0.1) is 0 Å². The van der Waals surface area contributed by atoms with Crippen LogP contribution in [0.3, 0.4) is 0 Å². The van der Waals surface area contributed by atoms with Gasteiger partial charge in [-0.2, -0.15) is 0 Å². The molecule has 5 nitrogen and oxygen atoms in total. The Hall–Kier alpha value is -2.69. The van der Waals surface area contributed by atoms with E-state index in [1.54, 1.807) is 11.1 Å². The lowest BCUT2D eigenvalue weighted by atomic mass is 10.0. The third-order valence-corrected chi connectivity index (χ3v) is 4.85. The molecule has 1 aromatic carbocycles. The zero-order chi connectivity index (χ0) is 16.8. The van der Waals surface area contributed by atoms with Crippen LogP contribution in [0.5, 0.6) is 0 Å². The highest BCUT2D eigenvalue weighted by molar-refractivity contribution is 5.96. The van der Waals surface area contributed by atoms with E-state index >= 15 is 0 Å². The fourth-order valence-electron chi connectivity index (χ4n) is 3.64. The molecule has 1 aliphatic heterocycles. The normalized spacial score (nSPS) is 17.4. The van der Waals surface area contributed by atoms with E-state index in [0.717, 1.165) is 40.0 Å². The second-order valence-electron chi connectivity index (χ2n) is 6.32. The van der Waals surface area contributed by atoms with E-state index in [2.05, 4.69) is 34.7 Å². The first kappa shape index (κ1) is 14.9. The van der Waals surface area contributed by atoms with Crippen LogP contribution < -0.4 is 0 Å². The van der Waals surface area contributed by atoms with Crippen molar-refractivity contribution >= 4 is 16.7 Å². The van der Waals surface area contributed by atoms with Crippen LogP contribution in [0.25, 0.3) is 22.0 Å². The Morgan fingerprint density at radius 2 is 2.12 bits per heavy atom. The first-order chi connectivity index (χ1) is 11.6.